The Hall–Kier alpha value is -2.59. The molecule has 5 heteroatoms. The Bertz CT molecular complexity index is 777. The Labute approximate surface area is 140 Å². The molecule has 0 aliphatic rings. The normalized spacial score (nSPS) is 10.3. The van der Waals surface area contributed by atoms with E-state index < -0.39 is 0 Å². The lowest BCUT2D eigenvalue weighted by molar-refractivity contribution is 0.893. The predicted molar refractivity (Wildman–Crippen MR) is 95.3 cm³/mol. The molecule has 4 nitrogen and oxygen atoms in total. The van der Waals surface area contributed by atoms with Crippen molar-refractivity contribution in [2.45, 2.75) is 6.54 Å². The van der Waals surface area contributed by atoms with Crippen LogP contribution in [0.25, 0.3) is 0 Å². The van der Waals surface area contributed by atoms with Crippen molar-refractivity contribution in [3.05, 3.63) is 77.4 Å². The fraction of sp³-hybridized carbons (Fsp3) is 0.111. The fourth-order valence-corrected chi connectivity index (χ4v) is 2.45. The summed E-state index contributed by atoms with van der Waals surface area (Å²) in [4.78, 5) is 10.9. The molecule has 1 aromatic heterocycles. The summed E-state index contributed by atoms with van der Waals surface area (Å²) in [6.07, 6.45) is 1.75. The molecular formula is C18H17ClN4. The number of nitrogens with zero attached hydrogens (tertiary/aromatic N) is 3. The number of anilines is 3. The quantitative estimate of drug-likeness (QED) is 0.749. The molecule has 0 unspecified atom stereocenters. The third-order valence-corrected chi connectivity index (χ3v) is 3.61. The van der Waals surface area contributed by atoms with E-state index in [0.717, 1.165) is 18.1 Å². The monoisotopic (exact) mass is 324 g/mol. The van der Waals surface area contributed by atoms with E-state index in [1.807, 2.05) is 55.6 Å². The van der Waals surface area contributed by atoms with Gasteiger partial charge in [0.05, 0.1) is 0 Å². The molecule has 1 heterocycles. The van der Waals surface area contributed by atoms with Gasteiger partial charge in [0.2, 0.25) is 5.95 Å². The van der Waals surface area contributed by atoms with Crippen LogP contribution in [0.2, 0.25) is 5.02 Å². The van der Waals surface area contributed by atoms with Crippen LogP contribution in [0.15, 0.2) is 66.9 Å². The van der Waals surface area contributed by atoms with Gasteiger partial charge in [-0.3, -0.25) is 0 Å². The van der Waals surface area contributed by atoms with Gasteiger partial charge in [0.15, 0.2) is 0 Å². The number of hydrogen-bond acceptors (Lipinski definition) is 4. The molecular weight excluding hydrogens is 308 g/mol. The van der Waals surface area contributed by atoms with Crippen LogP contribution in [0.3, 0.4) is 0 Å². The lowest BCUT2D eigenvalue weighted by atomic mass is 10.2. The van der Waals surface area contributed by atoms with E-state index in [4.69, 9.17) is 11.6 Å². The minimum absolute atomic E-state index is 0.546. The minimum Gasteiger partial charge on any atom is -0.355 e. The third kappa shape index (κ3) is 4.20. The van der Waals surface area contributed by atoms with E-state index in [1.54, 1.807) is 6.20 Å². The standard InChI is InChI=1S/C18H17ClN4/c1-23(13-14-6-3-2-4-7-14)17-10-11-20-18(22-17)21-16-9-5-8-15(19)12-16/h2-12H,13H2,1H3,(H,20,21,22). The van der Waals surface area contributed by atoms with E-state index in [-0.39, 0.29) is 0 Å². The number of halogens is 1. The van der Waals surface area contributed by atoms with E-state index in [0.29, 0.717) is 11.0 Å². The SMILES string of the molecule is CN(Cc1ccccc1)c1ccnc(Nc2cccc(Cl)c2)n1. The molecule has 0 radical (unpaired) electrons. The molecule has 116 valence electrons. The molecule has 3 aromatic rings. The third-order valence-electron chi connectivity index (χ3n) is 3.38. The van der Waals surface area contributed by atoms with Crippen molar-refractivity contribution in [1.82, 2.24) is 9.97 Å². The first-order chi connectivity index (χ1) is 11.2. The van der Waals surface area contributed by atoms with Gasteiger partial charge in [-0.15, -0.1) is 0 Å². The Morgan fingerprint density at radius 3 is 2.65 bits per heavy atom. The minimum atomic E-state index is 0.546. The maximum Gasteiger partial charge on any atom is 0.229 e. The van der Waals surface area contributed by atoms with E-state index in [9.17, 15) is 0 Å². The summed E-state index contributed by atoms with van der Waals surface area (Å²) in [5.41, 5.74) is 2.10. The zero-order chi connectivity index (χ0) is 16.1. The highest BCUT2D eigenvalue weighted by atomic mass is 35.5. The molecule has 0 spiro atoms. The average molecular weight is 325 g/mol. The summed E-state index contributed by atoms with van der Waals surface area (Å²) >= 11 is 5.99. The Kier molecular flexibility index (Phi) is 4.74. The Morgan fingerprint density at radius 1 is 1.04 bits per heavy atom. The lowest BCUT2D eigenvalue weighted by Gasteiger charge is -2.18. The second kappa shape index (κ2) is 7.11. The lowest BCUT2D eigenvalue weighted by Crippen LogP contribution is -2.18. The van der Waals surface area contributed by atoms with Gasteiger partial charge >= 0.3 is 0 Å². The van der Waals surface area contributed by atoms with Crippen molar-refractivity contribution in [2.24, 2.45) is 0 Å². The van der Waals surface area contributed by atoms with Crippen LogP contribution >= 0.6 is 11.6 Å². The smallest absolute Gasteiger partial charge is 0.229 e. The van der Waals surface area contributed by atoms with Gasteiger partial charge in [0.25, 0.3) is 0 Å². The van der Waals surface area contributed by atoms with Crippen molar-refractivity contribution in [3.63, 3.8) is 0 Å². The van der Waals surface area contributed by atoms with E-state index in [2.05, 4.69) is 32.3 Å². The van der Waals surface area contributed by atoms with Crippen molar-refractivity contribution < 1.29 is 0 Å². The summed E-state index contributed by atoms with van der Waals surface area (Å²) in [7, 11) is 2.01. The van der Waals surface area contributed by atoms with Crippen LogP contribution in [0.5, 0.6) is 0 Å². The van der Waals surface area contributed by atoms with Crippen molar-refractivity contribution in [3.8, 4) is 0 Å². The van der Waals surface area contributed by atoms with Gasteiger partial charge in [0, 0.05) is 30.5 Å². The van der Waals surface area contributed by atoms with Crippen LogP contribution in [0, 0.1) is 0 Å². The highest BCUT2D eigenvalue weighted by Gasteiger charge is 2.06. The largest absolute Gasteiger partial charge is 0.355 e. The van der Waals surface area contributed by atoms with Gasteiger partial charge in [-0.1, -0.05) is 48.0 Å². The summed E-state index contributed by atoms with van der Waals surface area (Å²) < 4.78 is 0. The second-order valence-electron chi connectivity index (χ2n) is 5.22. The molecule has 0 aliphatic carbocycles. The summed E-state index contributed by atoms with van der Waals surface area (Å²) in [6.45, 7) is 0.786. The van der Waals surface area contributed by atoms with Gasteiger partial charge < -0.3 is 10.2 Å². The van der Waals surface area contributed by atoms with Gasteiger partial charge in [0.1, 0.15) is 5.82 Å². The number of aromatic nitrogens is 2. The number of nitrogens with one attached hydrogen (secondary N) is 1. The zero-order valence-corrected chi connectivity index (χ0v) is 13.5. The Balaban J connectivity index is 1.74. The molecule has 0 atom stereocenters. The first-order valence-electron chi connectivity index (χ1n) is 7.31. The molecule has 0 amide bonds. The highest BCUT2D eigenvalue weighted by molar-refractivity contribution is 6.30. The number of rotatable bonds is 5. The molecule has 3 rings (SSSR count). The summed E-state index contributed by atoms with van der Waals surface area (Å²) in [5, 5.41) is 3.84. The maximum absolute atomic E-state index is 5.99. The molecule has 23 heavy (non-hydrogen) atoms. The van der Waals surface area contributed by atoms with Gasteiger partial charge in [-0.25, -0.2) is 4.98 Å². The Morgan fingerprint density at radius 2 is 1.87 bits per heavy atom. The predicted octanol–water partition coefficient (Wildman–Crippen LogP) is 4.51. The number of hydrogen-bond donors (Lipinski definition) is 1. The molecule has 0 fully saturated rings. The summed E-state index contributed by atoms with van der Waals surface area (Å²) in [6, 6.07) is 19.7. The first-order valence-corrected chi connectivity index (χ1v) is 7.69. The molecule has 0 saturated heterocycles. The first kappa shape index (κ1) is 15.3. The van der Waals surface area contributed by atoms with E-state index in [1.165, 1.54) is 5.56 Å². The molecule has 0 bridgehead atoms. The van der Waals surface area contributed by atoms with Crippen molar-refractivity contribution >= 4 is 29.1 Å². The molecule has 0 aliphatic heterocycles. The van der Waals surface area contributed by atoms with Crippen LogP contribution in [0.1, 0.15) is 5.56 Å². The fourth-order valence-electron chi connectivity index (χ4n) is 2.26. The molecule has 0 saturated carbocycles. The zero-order valence-electron chi connectivity index (χ0n) is 12.8. The van der Waals surface area contributed by atoms with Gasteiger partial charge in [-0.05, 0) is 29.8 Å². The second-order valence-corrected chi connectivity index (χ2v) is 5.65. The van der Waals surface area contributed by atoms with Crippen molar-refractivity contribution in [2.75, 3.05) is 17.3 Å². The van der Waals surface area contributed by atoms with Crippen LogP contribution < -0.4 is 10.2 Å². The number of benzene rings is 2. The average Bonchev–Trinajstić information content (AvgIpc) is 2.56. The highest BCUT2D eigenvalue weighted by Crippen LogP contribution is 2.19. The molecule has 2 aromatic carbocycles. The maximum atomic E-state index is 5.99. The molecule has 1 N–H and O–H groups in total. The summed E-state index contributed by atoms with van der Waals surface area (Å²) in [5.74, 6) is 1.40. The van der Waals surface area contributed by atoms with Crippen LogP contribution in [0.4, 0.5) is 17.5 Å². The van der Waals surface area contributed by atoms with Crippen LogP contribution in [-0.2, 0) is 6.54 Å². The van der Waals surface area contributed by atoms with Crippen LogP contribution in [-0.4, -0.2) is 17.0 Å². The van der Waals surface area contributed by atoms with Crippen molar-refractivity contribution in [1.29, 1.82) is 0 Å². The topological polar surface area (TPSA) is 41.1 Å². The van der Waals surface area contributed by atoms with Gasteiger partial charge in [-0.2, -0.15) is 4.98 Å². The van der Waals surface area contributed by atoms with E-state index >= 15 is 0 Å².